The lowest BCUT2D eigenvalue weighted by Gasteiger charge is -2.35. The minimum absolute atomic E-state index is 0.0174. The van der Waals surface area contributed by atoms with E-state index in [1.807, 2.05) is 0 Å². The normalized spacial score (nSPS) is 15.1. The van der Waals surface area contributed by atoms with E-state index in [2.05, 4.69) is 48.9 Å². The number of benzene rings is 1. The third-order valence-electron chi connectivity index (χ3n) is 7.05. The van der Waals surface area contributed by atoms with Crippen molar-refractivity contribution in [1.29, 1.82) is 0 Å². The molecule has 194 valence electrons. The summed E-state index contributed by atoms with van der Waals surface area (Å²) in [6.07, 6.45) is -0.149. The Kier molecular flexibility index (Phi) is 6.91. The highest BCUT2D eigenvalue weighted by Crippen LogP contribution is 2.42. The average molecular weight is 521 g/mol. The number of anilines is 1. The molecule has 0 atom stereocenters. The smallest absolute Gasteiger partial charge is 0.408 e. The van der Waals surface area contributed by atoms with Crippen LogP contribution in [0.4, 0.5) is 18.9 Å². The predicted octanol–water partition coefficient (Wildman–Crippen LogP) is 6.55. The second-order valence-electron chi connectivity index (χ2n) is 10.6. The number of ether oxygens (including phenoxy) is 1. The van der Waals surface area contributed by atoms with Crippen molar-refractivity contribution < 1.29 is 27.1 Å². The molecule has 1 saturated carbocycles. The molecule has 0 spiro atoms. The number of aromatic nitrogens is 3. The van der Waals surface area contributed by atoms with Crippen LogP contribution in [0.3, 0.4) is 0 Å². The SMILES string of the molecule is CC(C)(C)[Si](C)(C)OCC(=O)Nc1ccnc2c1c(C1CCC1)nn2-c1ccc(OC(F)(F)F)cc1. The highest BCUT2D eigenvalue weighted by Gasteiger charge is 2.37. The first-order chi connectivity index (χ1) is 16.7. The van der Waals surface area contributed by atoms with Gasteiger partial charge in [0.15, 0.2) is 14.0 Å². The summed E-state index contributed by atoms with van der Waals surface area (Å²) >= 11 is 0. The summed E-state index contributed by atoms with van der Waals surface area (Å²) in [5, 5.41) is 8.48. The molecule has 11 heteroatoms. The van der Waals surface area contributed by atoms with Crippen LogP contribution in [0.5, 0.6) is 5.75 Å². The van der Waals surface area contributed by atoms with Crippen LogP contribution in [0.2, 0.25) is 18.1 Å². The van der Waals surface area contributed by atoms with Gasteiger partial charge < -0.3 is 14.5 Å². The lowest BCUT2D eigenvalue weighted by molar-refractivity contribution is -0.274. The number of alkyl halides is 3. The third kappa shape index (κ3) is 5.56. The number of hydrogen-bond acceptors (Lipinski definition) is 5. The first kappa shape index (κ1) is 26.1. The van der Waals surface area contributed by atoms with Gasteiger partial charge in [-0.25, -0.2) is 9.67 Å². The van der Waals surface area contributed by atoms with Crippen LogP contribution in [0.1, 0.15) is 51.6 Å². The monoisotopic (exact) mass is 520 g/mol. The van der Waals surface area contributed by atoms with E-state index in [-0.39, 0.29) is 29.2 Å². The fourth-order valence-corrected chi connectivity index (χ4v) is 4.68. The number of amides is 1. The Morgan fingerprint density at radius 1 is 1.14 bits per heavy atom. The molecule has 4 rings (SSSR count). The largest absolute Gasteiger partial charge is 0.573 e. The van der Waals surface area contributed by atoms with Crippen molar-refractivity contribution in [2.75, 3.05) is 11.9 Å². The molecular formula is C25H31F3N4O3Si. The number of nitrogens with one attached hydrogen (secondary N) is 1. The van der Waals surface area contributed by atoms with Gasteiger partial charge in [0.05, 0.1) is 22.5 Å². The maximum absolute atomic E-state index is 12.9. The lowest BCUT2D eigenvalue weighted by atomic mass is 9.82. The molecule has 2 heterocycles. The van der Waals surface area contributed by atoms with Crippen LogP contribution < -0.4 is 10.1 Å². The number of carbonyl (C=O) groups is 1. The van der Waals surface area contributed by atoms with Crippen molar-refractivity contribution in [1.82, 2.24) is 14.8 Å². The number of rotatable bonds is 7. The third-order valence-corrected chi connectivity index (χ3v) is 11.5. The van der Waals surface area contributed by atoms with Crippen LogP contribution in [-0.4, -0.2) is 42.0 Å². The molecule has 1 aromatic carbocycles. The maximum Gasteiger partial charge on any atom is 0.573 e. The predicted molar refractivity (Wildman–Crippen MR) is 134 cm³/mol. The number of pyridine rings is 1. The molecule has 1 amide bonds. The van der Waals surface area contributed by atoms with Gasteiger partial charge in [-0.15, -0.1) is 13.2 Å². The Morgan fingerprint density at radius 2 is 1.81 bits per heavy atom. The molecule has 1 aliphatic carbocycles. The van der Waals surface area contributed by atoms with Crippen LogP contribution >= 0.6 is 0 Å². The molecule has 36 heavy (non-hydrogen) atoms. The van der Waals surface area contributed by atoms with Crippen molar-refractivity contribution in [3.05, 3.63) is 42.2 Å². The zero-order valence-electron chi connectivity index (χ0n) is 21.1. The van der Waals surface area contributed by atoms with E-state index in [0.717, 1.165) is 30.3 Å². The molecule has 7 nitrogen and oxygen atoms in total. The zero-order valence-corrected chi connectivity index (χ0v) is 22.1. The van der Waals surface area contributed by atoms with Gasteiger partial charge >= 0.3 is 6.36 Å². The van der Waals surface area contributed by atoms with Crippen molar-refractivity contribution in [3.63, 3.8) is 0 Å². The summed E-state index contributed by atoms with van der Waals surface area (Å²) in [4.78, 5) is 17.4. The summed E-state index contributed by atoms with van der Waals surface area (Å²) in [6, 6.07) is 7.21. The van der Waals surface area contributed by atoms with E-state index in [1.54, 1.807) is 16.9 Å². The molecular weight excluding hydrogens is 489 g/mol. The first-order valence-electron chi connectivity index (χ1n) is 11.9. The van der Waals surface area contributed by atoms with E-state index >= 15 is 0 Å². The lowest BCUT2D eigenvalue weighted by Crippen LogP contribution is -2.42. The summed E-state index contributed by atoms with van der Waals surface area (Å²) in [5.74, 6) is -0.345. The molecule has 1 aliphatic rings. The van der Waals surface area contributed by atoms with Gasteiger partial charge in [-0.2, -0.15) is 5.10 Å². The number of hydrogen-bond donors (Lipinski definition) is 1. The Morgan fingerprint density at radius 3 is 2.36 bits per heavy atom. The van der Waals surface area contributed by atoms with E-state index in [9.17, 15) is 18.0 Å². The van der Waals surface area contributed by atoms with Gasteiger partial charge in [-0.1, -0.05) is 27.2 Å². The van der Waals surface area contributed by atoms with E-state index in [4.69, 9.17) is 9.52 Å². The fourth-order valence-electron chi connectivity index (χ4n) is 3.76. The molecule has 0 unspecified atom stereocenters. The number of nitrogens with zero attached hydrogens (tertiary/aromatic N) is 3. The van der Waals surface area contributed by atoms with Gasteiger partial charge in [-0.05, 0) is 61.3 Å². The van der Waals surface area contributed by atoms with E-state index < -0.39 is 14.7 Å². The van der Waals surface area contributed by atoms with Crippen LogP contribution in [-0.2, 0) is 9.22 Å². The van der Waals surface area contributed by atoms with E-state index in [1.165, 1.54) is 24.3 Å². The quantitative estimate of drug-likeness (QED) is 0.358. The number of fused-ring (bicyclic) bond motifs is 1. The number of halogens is 3. The Bertz CT molecular complexity index is 1250. The topological polar surface area (TPSA) is 78.3 Å². The van der Waals surface area contributed by atoms with Crippen LogP contribution in [0, 0.1) is 0 Å². The van der Waals surface area contributed by atoms with Crippen molar-refractivity contribution in [2.45, 2.75) is 70.4 Å². The molecule has 3 aromatic rings. The van der Waals surface area contributed by atoms with Crippen LogP contribution in [0.25, 0.3) is 16.7 Å². The highest BCUT2D eigenvalue weighted by molar-refractivity contribution is 6.74. The summed E-state index contributed by atoms with van der Waals surface area (Å²) < 4.78 is 49.3. The zero-order chi connectivity index (χ0) is 26.3. The number of carbonyl (C=O) groups excluding carboxylic acids is 1. The standard InChI is InChI=1S/C25H31F3N4O3Si/c1-24(2,3)36(4,5)34-15-20(33)30-19-13-14-29-23-21(19)22(16-7-6-8-16)31-32(23)17-9-11-18(12-10-17)35-25(26,27)28/h9-14,16H,6-8,15H2,1-5H3,(H,29,30,33). The molecule has 0 radical (unpaired) electrons. The summed E-state index contributed by atoms with van der Waals surface area (Å²) in [5.41, 5.74) is 2.47. The van der Waals surface area contributed by atoms with Crippen LogP contribution in [0.15, 0.2) is 36.5 Å². The molecule has 0 aliphatic heterocycles. The average Bonchev–Trinajstić information content (AvgIpc) is 3.10. The second-order valence-corrected chi connectivity index (χ2v) is 15.4. The molecule has 2 aromatic heterocycles. The molecule has 0 saturated heterocycles. The van der Waals surface area contributed by atoms with Gasteiger partial charge in [0, 0.05) is 12.1 Å². The maximum atomic E-state index is 12.9. The molecule has 0 bridgehead atoms. The Labute approximate surface area is 209 Å². The van der Waals surface area contributed by atoms with E-state index in [0.29, 0.717) is 17.0 Å². The van der Waals surface area contributed by atoms with Gasteiger partial charge in [0.1, 0.15) is 12.4 Å². The molecule has 1 N–H and O–H groups in total. The summed E-state index contributed by atoms with van der Waals surface area (Å²) in [7, 11) is -2.09. The van der Waals surface area contributed by atoms with Crippen molar-refractivity contribution >= 4 is 30.9 Å². The summed E-state index contributed by atoms with van der Waals surface area (Å²) in [6.45, 7) is 10.5. The highest BCUT2D eigenvalue weighted by atomic mass is 28.4. The van der Waals surface area contributed by atoms with Crippen molar-refractivity contribution in [3.8, 4) is 11.4 Å². The minimum Gasteiger partial charge on any atom is -0.408 e. The second kappa shape index (κ2) is 9.51. The van der Waals surface area contributed by atoms with Crippen molar-refractivity contribution in [2.24, 2.45) is 0 Å². The Hall–Kier alpha value is -2.92. The van der Waals surface area contributed by atoms with Gasteiger partial charge in [0.25, 0.3) is 0 Å². The minimum atomic E-state index is -4.76. The molecule has 1 fully saturated rings. The fraction of sp³-hybridized carbons (Fsp3) is 0.480. The first-order valence-corrected chi connectivity index (χ1v) is 14.8. The van der Waals surface area contributed by atoms with Gasteiger partial charge in [0.2, 0.25) is 5.91 Å². The van der Waals surface area contributed by atoms with Gasteiger partial charge in [-0.3, -0.25) is 4.79 Å². The Balaban J connectivity index is 1.64.